The molecule has 1 radical (unpaired) electrons. The highest BCUT2D eigenvalue weighted by Gasteiger charge is 2.27. The van der Waals surface area contributed by atoms with Gasteiger partial charge >= 0.3 is 5.97 Å². The highest BCUT2D eigenvalue weighted by atomic mass is 16.4. The summed E-state index contributed by atoms with van der Waals surface area (Å²) in [5.41, 5.74) is 12.4. The lowest BCUT2D eigenvalue weighted by atomic mass is 10.0. The summed E-state index contributed by atoms with van der Waals surface area (Å²) in [6.07, 6.45) is 2.86. The first-order valence-electron chi connectivity index (χ1n) is 10.00. The minimum atomic E-state index is -1.13. The van der Waals surface area contributed by atoms with Gasteiger partial charge < -0.3 is 32.2 Å². The predicted octanol–water partition coefficient (Wildman–Crippen LogP) is -0.753. The standard InChI is InChI=1S/C21H26N5O6/c22-15(6-8-19(29)30)20(31)26-17(21(32)25-13(11-27)5-7-18(23)28)9-12-10-24-16-4-2-1-3-14(12)16/h1-4,10,13,15,17,24H,5-9,22H2,(H2,23,28)(H,25,32)(H,26,31)(H,29,30)/t13-,15-,17-/m0/s1. The van der Waals surface area contributed by atoms with Gasteiger partial charge in [0.05, 0.1) is 12.1 Å². The number of benzene rings is 1. The molecule has 1 aromatic heterocycles. The minimum absolute atomic E-state index is 0.0313. The van der Waals surface area contributed by atoms with Gasteiger partial charge in [0.1, 0.15) is 6.04 Å². The Kier molecular flexibility index (Phi) is 8.90. The van der Waals surface area contributed by atoms with Crippen LogP contribution in [0.3, 0.4) is 0 Å². The van der Waals surface area contributed by atoms with Crippen molar-refractivity contribution in [2.75, 3.05) is 0 Å². The monoisotopic (exact) mass is 444 g/mol. The number of fused-ring (bicyclic) bond motifs is 1. The van der Waals surface area contributed by atoms with E-state index in [1.807, 2.05) is 24.3 Å². The Morgan fingerprint density at radius 3 is 2.44 bits per heavy atom. The van der Waals surface area contributed by atoms with E-state index in [1.54, 1.807) is 12.5 Å². The van der Waals surface area contributed by atoms with Crippen molar-refractivity contribution in [1.82, 2.24) is 15.6 Å². The maximum absolute atomic E-state index is 12.9. The van der Waals surface area contributed by atoms with Crippen LogP contribution in [-0.4, -0.2) is 58.2 Å². The van der Waals surface area contributed by atoms with Crippen LogP contribution in [0.15, 0.2) is 30.5 Å². The SMILES string of the molecule is NC(=O)CC[C@@H]([C]=O)NC(=O)[C@H](Cc1c[nH]c2ccccc12)NC(=O)[C@@H](N)CCC(=O)O. The van der Waals surface area contributed by atoms with Crippen LogP contribution in [0.1, 0.15) is 31.2 Å². The number of aliphatic carboxylic acids is 1. The predicted molar refractivity (Wildman–Crippen MR) is 115 cm³/mol. The third-order valence-electron chi connectivity index (χ3n) is 4.88. The summed E-state index contributed by atoms with van der Waals surface area (Å²) in [5.74, 6) is -3.10. The van der Waals surface area contributed by atoms with Gasteiger partial charge in [-0.1, -0.05) is 18.2 Å². The Morgan fingerprint density at radius 1 is 1.06 bits per heavy atom. The number of para-hydroxylation sites is 1. The van der Waals surface area contributed by atoms with E-state index in [1.165, 1.54) is 0 Å². The van der Waals surface area contributed by atoms with Crippen molar-refractivity contribution in [2.45, 2.75) is 50.2 Å². The van der Waals surface area contributed by atoms with Crippen molar-refractivity contribution in [3.8, 4) is 0 Å². The third-order valence-corrected chi connectivity index (χ3v) is 4.88. The summed E-state index contributed by atoms with van der Waals surface area (Å²) < 4.78 is 0. The molecule has 3 amide bonds. The fourth-order valence-corrected chi connectivity index (χ4v) is 3.14. The molecule has 1 heterocycles. The highest BCUT2D eigenvalue weighted by Crippen LogP contribution is 2.19. The Morgan fingerprint density at radius 2 is 1.78 bits per heavy atom. The van der Waals surface area contributed by atoms with Crippen LogP contribution in [0.5, 0.6) is 0 Å². The number of nitrogens with one attached hydrogen (secondary N) is 3. The van der Waals surface area contributed by atoms with Gasteiger partial charge in [-0.25, -0.2) is 0 Å². The number of amides is 3. The van der Waals surface area contributed by atoms with Crippen molar-refractivity contribution < 1.29 is 29.1 Å². The zero-order valence-corrected chi connectivity index (χ0v) is 17.3. The van der Waals surface area contributed by atoms with Crippen molar-refractivity contribution in [3.05, 3.63) is 36.0 Å². The lowest BCUT2D eigenvalue weighted by Gasteiger charge is -2.22. The molecule has 0 unspecified atom stereocenters. The first-order chi connectivity index (χ1) is 15.2. The lowest BCUT2D eigenvalue weighted by molar-refractivity contribution is -0.137. The van der Waals surface area contributed by atoms with Gasteiger partial charge in [0, 0.05) is 36.4 Å². The average molecular weight is 444 g/mol. The average Bonchev–Trinajstić information content (AvgIpc) is 3.16. The molecule has 0 saturated heterocycles. The molecule has 0 aliphatic rings. The molecular formula is C21H26N5O6. The number of H-pyrrole nitrogens is 1. The molecule has 8 N–H and O–H groups in total. The molecular weight excluding hydrogens is 418 g/mol. The molecule has 171 valence electrons. The fourth-order valence-electron chi connectivity index (χ4n) is 3.14. The summed E-state index contributed by atoms with van der Waals surface area (Å²) in [4.78, 5) is 61.3. The zero-order chi connectivity index (χ0) is 23.7. The number of hydrogen-bond donors (Lipinski definition) is 6. The number of aromatic amines is 1. The summed E-state index contributed by atoms with van der Waals surface area (Å²) in [7, 11) is 0. The Hall–Kier alpha value is -3.73. The first-order valence-corrected chi connectivity index (χ1v) is 10.00. The van der Waals surface area contributed by atoms with Gasteiger partial charge in [-0.15, -0.1) is 0 Å². The maximum atomic E-state index is 12.9. The van der Waals surface area contributed by atoms with Crippen LogP contribution in [0, 0.1) is 0 Å². The second kappa shape index (κ2) is 11.6. The highest BCUT2D eigenvalue weighted by molar-refractivity contribution is 5.92. The Labute approximate surface area is 183 Å². The summed E-state index contributed by atoms with van der Waals surface area (Å²) >= 11 is 0. The molecule has 11 heteroatoms. The van der Waals surface area contributed by atoms with Gasteiger partial charge in [-0.2, -0.15) is 0 Å². The molecule has 0 fully saturated rings. The number of carbonyl (C=O) groups is 4. The van der Waals surface area contributed by atoms with E-state index >= 15 is 0 Å². The number of aromatic nitrogens is 1. The van der Waals surface area contributed by atoms with E-state index in [9.17, 15) is 24.0 Å². The summed E-state index contributed by atoms with van der Waals surface area (Å²) in [6, 6.07) is 4.06. The molecule has 2 aromatic rings. The molecule has 2 rings (SSSR count). The van der Waals surface area contributed by atoms with Crippen LogP contribution in [0.2, 0.25) is 0 Å². The number of carboxylic acids is 1. The smallest absolute Gasteiger partial charge is 0.303 e. The quantitative estimate of drug-likeness (QED) is 0.233. The van der Waals surface area contributed by atoms with Crippen LogP contribution in [0.4, 0.5) is 0 Å². The summed E-state index contributed by atoms with van der Waals surface area (Å²) in [6.45, 7) is 0. The van der Waals surface area contributed by atoms with Gasteiger partial charge in [0.15, 0.2) is 0 Å². The third kappa shape index (κ3) is 7.20. The molecule has 0 spiro atoms. The van der Waals surface area contributed by atoms with E-state index < -0.39 is 41.8 Å². The normalized spacial score (nSPS) is 13.7. The number of carboxylic acid groups (broad SMARTS) is 1. The molecule has 0 bridgehead atoms. The number of hydrogen-bond acceptors (Lipinski definition) is 6. The number of rotatable bonds is 13. The van der Waals surface area contributed by atoms with Gasteiger partial charge in [0.25, 0.3) is 0 Å². The van der Waals surface area contributed by atoms with Crippen molar-refractivity contribution in [2.24, 2.45) is 11.5 Å². The second-order valence-electron chi connectivity index (χ2n) is 7.35. The van der Waals surface area contributed by atoms with Crippen molar-refractivity contribution in [1.29, 1.82) is 0 Å². The molecule has 0 aliphatic heterocycles. The van der Waals surface area contributed by atoms with Gasteiger partial charge in [-0.05, 0) is 24.5 Å². The molecule has 32 heavy (non-hydrogen) atoms. The van der Waals surface area contributed by atoms with Gasteiger partial charge in [-0.3, -0.25) is 24.0 Å². The van der Waals surface area contributed by atoms with E-state index in [2.05, 4.69) is 15.6 Å². The van der Waals surface area contributed by atoms with Crippen LogP contribution in [-0.2, 0) is 30.4 Å². The topological polar surface area (TPSA) is 197 Å². The van der Waals surface area contributed by atoms with E-state index in [0.29, 0.717) is 0 Å². The maximum Gasteiger partial charge on any atom is 0.303 e. The summed E-state index contributed by atoms with van der Waals surface area (Å²) in [5, 5.41) is 14.6. The Balaban J connectivity index is 2.18. The minimum Gasteiger partial charge on any atom is -0.481 e. The van der Waals surface area contributed by atoms with E-state index in [0.717, 1.165) is 16.5 Å². The molecule has 0 aliphatic carbocycles. The number of carbonyl (C=O) groups excluding carboxylic acids is 4. The zero-order valence-electron chi connectivity index (χ0n) is 17.3. The first kappa shape index (κ1) is 24.5. The largest absolute Gasteiger partial charge is 0.481 e. The number of nitrogens with two attached hydrogens (primary N) is 2. The van der Waals surface area contributed by atoms with Crippen molar-refractivity contribution in [3.63, 3.8) is 0 Å². The molecule has 0 saturated carbocycles. The van der Waals surface area contributed by atoms with E-state index in [-0.39, 0.29) is 32.1 Å². The van der Waals surface area contributed by atoms with Crippen LogP contribution in [0.25, 0.3) is 10.9 Å². The molecule has 11 nitrogen and oxygen atoms in total. The van der Waals surface area contributed by atoms with Crippen LogP contribution < -0.4 is 22.1 Å². The van der Waals surface area contributed by atoms with E-state index in [4.69, 9.17) is 16.6 Å². The van der Waals surface area contributed by atoms with Crippen molar-refractivity contribution >= 4 is 40.9 Å². The Bertz CT molecular complexity index is 988. The van der Waals surface area contributed by atoms with Crippen LogP contribution >= 0.6 is 0 Å². The fraction of sp³-hybridized carbons (Fsp3) is 0.381. The molecule has 1 aromatic carbocycles. The molecule has 3 atom stereocenters. The lowest BCUT2D eigenvalue weighted by Crippen LogP contribution is -2.54. The number of primary amides is 1. The van der Waals surface area contributed by atoms with Gasteiger partial charge in [0.2, 0.25) is 24.0 Å². The second-order valence-corrected chi connectivity index (χ2v) is 7.35.